The maximum Gasteiger partial charge on any atom is 0.258 e. The summed E-state index contributed by atoms with van der Waals surface area (Å²) in [5.41, 5.74) is 2.70. The first kappa shape index (κ1) is 18.7. The molecule has 1 amide bonds. The third-order valence-electron chi connectivity index (χ3n) is 4.22. The van der Waals surface area contributed by atoms with Gasteiger partial charge in [-0.1, -0.05) is 49.4 Å². The largest absolute Gasteiger partial charge is 0.482 e. The van der Waals surface area contributed by atoms with E-state index in [-0.39, 0.29) is 18.6 Å². The number of hydrogen-bond donors (Lipinski definition) is 1. The van der Waals surface area contributed by atoms with Crippen LogP contribution in [0.3, 0.4) is 0 Å². The zero-order valence-corrected chi connectivity index (χ0v) is 15.8. The van der Waals surface area contributed by atoms with Gasteiger partial charge in [0.2, 0.25) is 0 Å². The highest BCUT2D eigenvalue weighted by Gasteiger charge is 2.18. The van der Waals surface area contributed by atoms with Crippen molar-refractivity contribution in [3.8, 4) is 11.8 Å². The molecule has 1 aromatic heterocycles. The molecule has 0 aliphatic rings. The third kappa shape index (κ3) is 4.75. The van der Waals surface area contributed by atoms with E-state index >= 15 is 0 Å². The Bertz CT molecular complexity index is 928. The van der Waals surface area contributed by atoms with Crippen LogP contribution in [0, 0.1) is 11.3 Å². The third-order valence-corrected chi connectivity index (χ3v) is 5.16. The number of para-hydroxylation sites is 1. The number of ether oxygens (including phenoxy) is 1. The van der Waals surface area contributed by atoms with E-state index in [1.54, 1.807) is 35.6 Å². The lowest BCUT2D eigenvalue weighted by atomic mass is 10.0. The highest BCUT2D eigenvalue weighted by Crippen LogP contribution is 2.26. The standard InChI is InChI=1S/C22H20N2O2S/c1-2-16-9-11-17(12-10-16)22(20-8-5-13-27-20)24-21(25)15-26-19-7-4-3-6-18(19)14-23/h3-13,22H,2,15H2,1H3,(H,24,25)/t22-/m0/s1. The van der Waals surface area contributed by atoms with Crippen molar-refractivity contribution in [1.29, 1.82) is 5.26 Å². The fraction of sp³-hybridized carbons (Fsp3) is 0.182. The zero-order chi connectivity index (χ0) is 19.1. The maximum absolute atomic E-state index is 12.5. The first-order valence-electron chi connectivity index (χ1n) is 8.74. The Morgan fingerprint density at radius 1 is 1.15 bits per heavy atom. The van der Waals surface area contributed by atoms with E-state index in [0.29, 0.717) is 11.3 Å². The number of rotatable bonds is 7. The molecule has 3 aromatic rings. The van der Waals surface area contributed by atoms with Gasteiger partial charge in [0.1, 0.15) is 11.8 Å². The summed E-state index contributed by atoms with van der Waals surface area (Å²) in [6.45, 7) is 1.97. The molecule has 4 nitrogen and oxygen atoms in total. The summed E-state index contributed by atoms with van der Waals surface area (Å²) in [7, 11) is 0. The average molecular weight is 376 g/mol. The minimum atomic E-state index is -0.235. The van der Waals surface area contributed by atoms with Crippen molar-refractivity contribution in [3.05, 3.63) is 87.6 Å². The predicted octanol–water partition coefficient (Wildman–Crippen LogP) is 4.47. The van der Waals surface area contributed by atoms with Crippen LogP contribution >= 0.6 is 11.3 Å². The Morgan fingerprint density at radius 2 is 1.93 bits per heavy atom. The van der Waals surface area contributed by atoms with Crippen molar-refractivity contribution >= 4 is 17.2 Å². The number of nitrogens with zero attached hydrogens (tertiary/aromatic N) is 1. The highest BCUT2D eigenvalue weighted by atomic mass is 32.1. The first-order valence-corrected chi connectivity index (χ1v) is 9.62. The van der Waals surface area contributed by atoms with Crippen LogP contribution in [0.25, 0.3) is 0 Å². The summed E-state index contributed by atoms with van der Waals surface area (Å²) in [6.07, 6.45) is 0.975. The van der Waals surface area contributed by atoms with E-state index in [2.05, 4.69) is 42.6 Å². The van der Waals surface area contributed by atoms with Gasteiger partial charge in [-0.25, -0.2) is 0 Å². The monoisotopic (exact) mass is 376 g/mol. The molecule has 1 heterocycles. The number of carbonyl (C=O) groups is 1. The lowest BCUT2D eigenvalue weighted by molar-refractivity contribution is -0.123. The van der Waals surface area contributed by atoms with Gasteiger partial charge in [-0.3, -0.25) is 4.79 Å². The van der Waals surface area contributed by atoms with Gasteiger partial charge in [-0.2, -0.15) is 5.26 Å². The Labute approximate surface area is 163 Å². The van der Waals surface area contributed by atoms with E-state index in [4.69, 9.17) is 10.00 Å². The van der Waals surface area contributed by atoms with E-state index in [9.17, 15) is 4.79 Å². The van der Waals surface area contributed by atoms with Gasteiger partial charge < -0.3 is 10.1 Å². The minimum Gasteiger partial charge on any atom is -0.482 e. The van der Waals surface area contributed by atoms with Crippen LogP contribution in [0.5, 0.6) is 5.75 Å². The Morgan fingerprint density at radius 3 is 2.59 bits per heavy atom. The molecule has 27 heavy (non-hydrogen) atoms. The maximum atomic E-state index is 12.5. The number of aryl methyl sites for hydroxylation is 1. The van der Waals surface area contributed by atoms with Crippen molar-refractivity contribution < 1.29 is 9.53 Å². The lowest BCUT2D eigenvalue weighted by Gasteiger charge is -2.19. The molecule has 3 rings (SSSR count). The van der Waals surface area contributed by atoms with Gasteiger partial charge in [0.05, 0.1) is 11.6 Å². The molecule has 0 unspecified atom stereocenters. The normalized spacial score (nSPS) is 11.4. The molecule has 0 fully saturated rings. The van der Waals surface area contributed by atoms with Crippen LogP contribution in [-0.2, 0) is 11.2 Å². The molecule has 0 saturated heterocycles. The van der Waals surface area contributed by atoms with Crippen LogP contribution in [0.1, 0.15) is 34.5 Å². The minimum absolute atomic E-state index is 0.145. The first-order chi connectivity index (χ1) is 13.2. The van der Waals surface area contributed by atoms with Crippen LogP contribution in [0.4, 0.5) is 0 Å². The van der Waals surface area contributed by atoms with Gasteiger partial charge in [-0.05, 0) is 41.1 Å². The summed E-state index contributed by atoms with van der Waals surface area (Å²) in [5.74, 6) is 0.177. The Balaban J connectivity index is 1.72. The van der Waals surface area contributed by atoms with Gasteiger partial charge in [0, 0.05) is 4.88 Å². The van der Waals surface area contributed by atoms with Crippen molar-refractivity contribution in [1.82, 2.24) is 5.32 Å². The zero-order valence-electron chi connectivity index (χ0n) is 15.0. The van der Waals surface area contributed by atoms with Gasteiger partial charge in [0.25, 0.3) is 5.91 Å². The second-order valence-electron chi connectivity index (χ2n) is 6.01. The summed E-state index contributed by atoms with van der Waals surface area (Å²) in [4.78, 5) is 13.6. The number of carbonyl (C=O) groups excluding carboxylic acids is 1. The topological polar surface area (TPSA) is 62.1 Å². The van der Waals surface area contributed by atoms with Crippen molar-refractivity contribution in [2.45, 2.75) is 19.4 Å². The number of nitriles is 1. The van der Waals surface area contributed by atoms with Gasteiger partial charge in [-0.15, -0.1) is 11.3 Å². The molecule has 0 radical (unpaired) electrons. The van der Waals surface area contributed by atoms with Crippen molar-refractivity contribution in [3.63, 3.8) is 0 Å². The van der Waals surface area contributed by atoms with Crippen molar-refractivity contribution in [2.75, 3.05) is 6.61 Å². The van der Waals surface area contributed by atoms with Crippen LogP contribution in [0.2, 0.25) is 0 Å². The number of nitrogens with one attached hydrogen (secondary N) is 1. The number of amides is 1. The van der Waals surface area contributed by atoms with E-state index < -0.39 is 0 Å². The van der Waals surface area contributed by atoms with Crippen LogP contribution < -0.4 is 10.1 Å². The quantitative estimate of drug-likeness (QED) is 0.662. The van der Waals surface area contributed by atoms with E-state index in [1.165, 1.54) is 5.56 Å². The Kier molecular flexibility index (Phi) is 6.24. The number of thiophene rings is 1. The molecular weight excluding hydrogens is 356 g/mol. The molecule has 1 atom stereocenters. The molecule has 0 spiro atoms. The van der Waals surface area contributed by atoms with E-state index in [1.807, 2.05) is 17.5 Å². The van der Waals surface area contributed by atoms with Gasteiger partial charge >= 0.3 is 0 Å². The fourth-order valence-electron chi connectivity index (χ4n) is 2.75. The SMILES string of the molecule is CCc1ccc([C@H](NC(=O)COc2ccccc2C#N)c2cccs2)cc1. The summed E-state index contributed by atoms with van der Waals surface area (Å²) >= 11 is 1.60. The molecule has 2 aromatic carbocycles. The second-order valence-corrected chi connectivity index (χ2v) is 6.99. The molecule has 0 aliphatic heterocycles. The molecule has 5 heteroatoms. The smallest absolute Gasteiger partial charge is 0.258 e. The molecule has 0 saturated carbocycles. The summed E-state index contributed by atoms with van der Waals surface area (Å²) in [6, 6.07) is 21.0. The summed E-state index contributed by atoms with van der Waals surface area (Å²) < 4.78 is 5.55. The molecular formula is C22H20N2O2S. The van der Waals surface area contributed by atoms with Crippen LogP contribution in [0.15, 0.2) is 66.0 Å². The molecule has 1 N–H and O–H groups in total. The van der Waals surface area contributed by atoms with Crippen molar-refractivity contribution in [2.24, 2.45) is 0 Å². The van der Waals surface area contributed by atoms with E-state index in [0.717, 1.165) is 16.9 Å². The number of benzene rings is 2. The van der Waals surface area contributed by atoms with Crippen LogP contribution in [-0.4, -0.2) is 12.5 Å². The fourth-order valence-corrected chi connectivity index (χ4v) is 3.55. The Hall–Kier alpha value is -3.10. The molecule has 0 bridgehead atoms. The molecule has 136 valence electrons. The second kappa shape index (κ2) is 9.02. The lowest BCUT2D eigenvalue weighted by Crippen LogP contribution is -2.33. The van der Waals surface area contributed by atoms with Gasteiger partial charge in [0.15, 0.2) is 6.61 Å². The molecule has 0 aliphatic carbocycles. The number of hydrogen-bond acceptors (Lipinski definition) is 4. The summed E-state index contributed by atoms with van der Waals surface area (Å²) in [5, 5.41) is 14.2. The highest BCUT2D eigenvalue weighted by molar-refractivity contribution is 7.10. The average Bonchev–Trinajstić information content (AvgIpc) is 3.25. The predicted molar refractivity (Wildman–Crippen MR) is 107 cm³/mol.